The van der Waals surface area contributed by atoms with E-state index in [1.807, 2.05) is 39.0 Å². The van der Waals surface area contributed by atoms with Gasteiger partial charge >= 0.3 is 0 Å². The molecule has 0 spiro atoms. The summed E-state index contributed by atoms with van der Waals surface area (Å²) in [5.74, 6) is 0.936. The first-order valence-corrected chi connectivity index (χ1v) is 9.04. The molecular weight excluding hydrogens is 366 g/mol. The topological polar surface area (TPSA) is 63.2 Å². The molecule has 2 aromatic rings. The van der Waals surface area contributed by atoms with E-state index in [1.54, 1.807) is 36.4 Å². The van der Waals surface area contributed by atoms with E-state index in [4.69, 9.17) is 21.2 Å². The number of carbonyl (C=O) groups excluding carboxylic acids is 1. The SMILES string of the molecule is CCc1c(OC)cccc1C(=O)NN1C(c2ccc(Cl)cc2)=NOC1(C)C. The minimum Gasteiger partial charge on any atom is -0.496 e. The summed E-state index contributed by atoms with van der Waals surface area (Å²) in [6.45, 7) is 5.64. The number of amides is 1. The standard InChI is InChI=1S/C20H22ClN3O3/c1-5-15-16(7-6-8-17(15)26-4)19(25)22-24-18(23-27-20(24,2)3)13-9-11-14(21)12-10-13/h6-12H,5H2,1-4H3,(H,22,25). The van der Waals surface area contributed by atoms with Crippen LogP contribution in [0, 0.1) is 0 Å². The van der Waals surface area contributed by atoms with Crippen LogP contribution in [-0.2, 0) is 11.3 Å². The van der Waals surface area contributed by atoms with Crippen LogP contribution < -0.4 is 10.2 Å². The number of hydrazine groups is 1. The van der Waals surface area contributed by atoms with E-state index in [-0.39, 0.29) is 5.91 Å². The highest BCUT2D eigenvalue weighted by atomic mass is 35.5. The lowest BCUT2D eigenvalue weighted by molar-refractivity contribution is -0.0824. The van der Waals surface area contributed by atoms with E-state index in [0.29, 0.717) is 28.6 Å². The van der Waals surface area contributed by atoms with Crippen LogP contribution in [-0.4, -0.2) is 29.6 Å². The Labute approximate surface area is 163 Å². The molecule has 3 rings (SSSR count). The molecule has 0 radical (unpaired) electrons. The van der Waals surface area contributed by atoms with Crippen LogP contribution in [0.5, 0.6) is 5.75 Å². The van der Waals surface area contributed by atoms with Gasteiger partial charge in [0.15, 0.2) is 5.84 Å². The Kier molecular flexibility index (Phi) is 5.28. The number of rotatable bonds is 5. The number of halogens is 1. The number of hydrogen-bond donors (Lipinski definition) is 1. The van der Waals surface area contributed by atoms with Crippen LogP contribution in [0.1, 0.15) is 42.3 Å². The lowest BCUT2D eigenvalue weighted by Gasteiger charge is -2.31. The predicted octanol–water partition coefficient (Wildman–Crippen LogP) is 3.99. The lowest BCUT2D eigenvalue weighted by Crippen LogP contribution is -2.54. The number of amidine groups is 1. The Morgan fingerprint density at radius 3 is 2.59 bits per heavy atom. The molecule has 0 aromatic heterocycles. The monoisotopic (exact) mass is 387 g/mol. The van der Waals surface area contributed by atoms with Crippen molar-refractivity contribution in [1.82, 2.24) is 10.4 Å². The molecule has 0 aliphatic carbocycles. The Hall–Kier alpha value is -2.73. The Bertz CT molecular complexity index is 879. The fraction of sp³-hybridized carbons (Fsp3) is 0.300. The highest BCUT2D eigenvalue weighted by Crippen LogP contribution is 2.27. The van der Waals surface area contributed by atoms with Crippen LogP contribution in [0.15, 0.2) is 47.6 Å². The molecule has 0 bridgehead atoms. The van der Waals surface area contributed by atoms with Gasteiger partial charge < -0.3 is 9.57 Å². The summed E-state index contributed by atoms with van der Waals surface area (Å²) in [5, 5.41) is 6.40. The largest absolute Gasteiger partial charge is 0.496 e. The third kappa shape index (κ3) is 3.71. The molecule has 0 unspecified atom stereocenters. The molecule has 27 heavy (non-hydrogen) atoms. The maximum Gasteiger partial charge on any atom is 0.270 e. The van der Waals surface area contributed by atoms with Gasteiger partial charge in [0.1, 0.15) is 5.75 Å². The number of benzene rings is 2. The predicted molar refractivity (Wildman–Crippen MR) is 105 cm³/mol. The molecule has 1 heterocycles. The molecule has 6 nitrogen and oxygen atoms in total. The number of oxime groups is 1. The molecule has 0 saturated carbocycles. The van der Waals surface area contributed by atoms with Crippen LogP contribution in [0.2, 0.25) is 5.02 Å². The van der Waals surface area contributed by atoms with Gasteiger partial charge in [0.2, 0.25) is 5.72 Å². The summed E-state index contributed by atoms with van der Waals surface area (Å²) in [6, 6.07) is 12.6. The van der Waals surface area contributed by atoms with Crippen molar-refractivity contribution in [2.75, 3.05) is 7.11 Å². The molecule has 2 aromatic carbocycles. The zero-order chi connectivity index (χ0) is 19.6. The van der Waals surface area contributed by atoms with E-state index in [2.05, 4.69) is 10.6 Å². The van der Waals surface area contributed by atoms with Crippen molar-refractivity contribution < 1.29 is 14.4 Å². The number of ether oxygens (including phenoxy) is 1. The molecule has 1 aliphatic heterocycles. The second-order valence-electron chi connectivity index (χ2n) is 6.58. The van der Waals surface area contributed by atoms with Crippen molar-refractivity contribution in [1.29, 1.82) is 0 Å². The van der Waals surface area contributed by atoms with Gasteiger partial charge in [0.25, 0.3) is 5.91 Å². The lowest BCUT2D eigenvalue weighted by atomic mass is 10.0. The van der Waals surface area contributed by atoms with Crippen LogP contribution in [0.25, 0.3) is 0 Å². The minimum atomic E-state index is -0.837. The minimum absolute atomic E-state index is 0.258. The highest BCUT2D eigenvalue weighted by Gasteiger charge is 2.40. The quantitative estimate of drug-likeness (QED) is 0.842. The first-order valence-electron chi connectivity index (χ1n) is 8.66. The summed E-state index contributed by atoms with van der Waals surface area (Å²) in [6.07, 6.45) is 0.671. The fourth-order valence-electron chi connectivity index (χ4n) is 2.96. The summed E-state index contributed by atoms with van der Waals surface area (Å²) >= 11 is 5.97. The Morgan fingerprint density at radius 1 is 1.26 bits per heavy atom. The van der Waals surface area contributed by atoms with E-state index in [0.717, 1.165) is 11.1 Å². The van der Waals surface area contributed by atoms with Gasteiger partial charge in [-0.1, -0.05) is 29.7 Å². The first-order chi connectivity index (χ1) is 12.9. The zero-order valence-corrected chi connectivity index (χ0v) is 16.5. The first kappa shape index (κ1) is 19.0. The van der Waals surface area contributed by atoms with Crippen molar-refractivity contribution in [2.24, 2.45) is 5.16 Å². The number of carbonyl (C=O) groups is 1. The van der Waals surface area contributed by atoms with E-state index < -0.39 is 5.72 Å². The summed E-state index contributed by atoms with van der Waals surface area (Å²) in [4.78, 5) is 18.6. The van der Waals surface area contributed by atoms with Gasteiger partial charge in [-0.15, -0.1) is 0 Å². The molecule has 0 fully saturated rings. The molecule has 0 saturated heterocycles. The van der Waals surface area contributed by atoms with E-state index in [9.17, 15) is 4.79 Å². The smallest absolute Gasteiger partial charge is 0.270 e. The maximum atomic E-state index is 13.0. The molecular formula is C20H22ClN3O3. The second kappa shape index (κ2) is 7.48. The molecule has 1 N–H and O–H groups in total. The summed E-state index contributed by atoms with van der Waals surface area (Å²) in [7, 11) is 1.60. The van der Waals surface area contributed by atoms with Crippen molar-refractivity contribution >= 4 is 23.3 Å². The van der Waals surface area contributed by atoms with Gasteiger partial charge in [-0.2, -0.15) is 0 Å². The number of nitrogens with zero attached hydrogens (tertiary/aromatic N) is 2. The molecule has 142 valence electrons. The van der Waals surface area contributed by atoms with Crippen molar-refractivity contribution in [3.05, 3.63) is 64.2 Å². The van der Waals surface area contributed by atoms with Gasteiger partial charge in [0, 0.05) is 21.7 Å². The van der Waals surface area contributed by atoms with E-state index >= 15 is 0 Å². The highest BCUT2D eigenvalue weighted by molar-refractivity contribution is 6.30. The molecule has 0 atom stereocenters. The van der Waals surface area contributed by atoms with Crippen molar-refractivity contribution in [3.8, 4) is 5.75 Å². The van der Waals surface area contributed by atoms with Gasteiger partial charge in [-0.3, -0.25) is 10.2 Å². The Morgan fingerprint density at radius 2 is 1.96 bits per heavy atom. The number of nitrogens with one attached hydrogen (secondary N) is 1. The fourth-order valence-corrected chi connectivity index (χ4v) is 3.08. The summed E-state index contributed by atoms with van der Waals surface area (Å²) < 4.78 is 5.39. The third-order valence-corrected chi connectivity index (χ3v) is 4.62. The average Bonchev–Trinajstić information content (AvgIpc) is 2.96. The normalized spacial score (nSPS) is 15.1. The number of hydrogen-bond acceptors (Lipinski definition) is 5. The van der Waals surface area contributed by atoms with E-state index in [1.165, 1.54) is 0 Å². The number of methoxy groups -OCH3 is 1. The van der Waals surface area contributed by atoms with Crippen LogP contribution >= 0.6 is 11.6 Å². The van der Waals surface area contributed by atoms with Gasteiger partial charge in [-0.05, 0) is 56.7 Å². The molecule has 1 amide bonds. The maximum absolute atomic E-state index is 13.0. The average molecular weight is 388 g/mol. The molecule has 1 aliphatic rings. The third-order valence-electron chi connectivity index (χ3n) is 4.37. The summed E-state index contributed by atoms with van der Waals surface area (Å²) in [5.41, 5.74) is 4.27. The molecule has 7 heteroatoms. The van der Waals surface area contributed by atoms with Crippen LogP contribution in [0.3, 0.4) is 0 Å². The Balaban J connectivity index is 1.91. The van der Waals surface area contributed by atoms with Gasteiger partial charge in [-0.25, -0.2) is 5.01 Å². The van der Waals surface area contributed by atoms with Crippen molar-refractivity contribution in [2.45, 2.75) is 32.9 Å². The second-order valence-corrected chi connectivity index (χ2v) is 7.01. The zero-order valence-electron chi connectivity index (χ0n) is 15.7. The van der Waals surface area contributed by atoms with Gasteiger partial charge in [0.05, 0.1) is 7.11 Å². The van der Waals surface area contributed by atoms with Crippen LogP contribution in [0.4, 0.5) is 0 Å². The van der Waals surface area contributed by atoms with Crippen molar-refractivity contribution in [3.63, 3.8) is 0 Å².